The van der Waals surface area contributed by atoms with Gasteiger partial charge in [-0.3, -0.25) is 4.79 Å². The molecule has 0 fully saturated rings. The maximum absolute atomic E-state index is 10.5. The van der Waals surface area contributed by atoms with Gasteiger partial charge in [-0.2, -0.15) is 0 Å². The van der Waals surface area contributed by atoms with Crippen LogP contribution in [-0.4, -0.2) is 11.1 Å². The molecule has 0 aromatic rings. The number of aliphatic carboxylic acids is 1. The lowest BCUT2D eigenvalue weighted by Crippen LogP contribution is -2.08. The summed E-state index contributed by atoms with van der Waals surface area (Å²) in [6.45, 7) is 3.82. The van der Waals surface area contributed by atoms with Crippen LogP contribution in [0.1, 0.15) is 52.4 Å². The second-order valence-corrected chi connectivity index (χ2v) is 3.80. The molecule has 1 N–H and O–H groups in total. The van der Waals surface area contributed by atoms with Crippen LogP contribution >= 0.6 is 0 Å². The van der Waals surface area contributed by atoms with Crippen molar-refractivity contribution in [2.45, 2.75) is 52.4 Å². The molecule has 0 bridgehead atoms. The number of carboxylic acid groups (broad SMARTS) is 1. The Kier molecular flexibility index (Phi) is 8.30. The summed E-state index contributed by atoms with van der Waals surface area (Å²) in [6, 6.07) is 0. The molecule has 0 saturated carbocycles. The smallest absolute Gasteiger partial charge is 0.306 e. The Morgan fingerprint density at radius 2 is 1.93 bits per heavy atom. The van der Waals surface area contributed by atoms with Crippen LogP contribution in [0.25, 0.3) is 0 Å². The maximum Gasteiger partial charge on any atom is 0.306 e. The molecule has 0 spiro atoms. The molecule has 0 heterocycles. The van der Waals surface area contributed by atoms with Gasteiger partial charge in [-0.1, -0.05) is 38.3 Å². The van der Waals surface area contributed by atoms with Gasteiger partial charge in [-0.15, -0.1) is 0 Å². The molecule has 0 saturated heterocycles. The van der Waals surface area contributed by atoms with Crippen molar-refractivity contribution in [1.82, 2.24) is 0 Å². The molecule has 0 aromatic carbocycles. The van der Waals surface area contributed by atoms with Crippen molar-refractivity contribution in [3.8, 4) is 0 Å². The molecule has 82 valence electrons. The van der Waals surface area contributed by atoms with E-state index in [0.717, 1.165) is 25.7 Å². The summed E-state index contributed by atoms with van der Waals surface area (Å²) in [4.78, 5) is 10.5. The van der Waals surface area contributed by atoms with Crippen LogP contribution in [0.3, 0.4) is 0 Å². The first-order chi connectivity index (χ1) is 6.68. The number of unbranched alkanes of at least 4 members (excludes halogenated alkanes) is 4. The summed E-state index contributed by atoms with van der Waals surface area (Å²) in [5.74, 6) is -0.843. The highest BCUT2D eigenvalue weighted by molar-refractivity contribution is 5.69. The van der Waals surface area contributed by atoms with Gasteiger partial charge in [0.15, 0.2) is 0 Å². The van der Waals surface area contributed by atoms with Crippen molar-refractivity contribution in [2.24, 2.45) is 5.92 Å². The van der Waals surface area contributed by atoms with Gasteiger partial charge in [0.05, 0.1) is 5.92 Å². The lowest BCUT2D eigenvalue weighted by atomic mass is 10.0. The molecule has 0 radical (unpaired) electrons. The van der Waals surface area contributed by atoms with E-state index >= 15 is 0 Å². The zero-order valence-electron chi connectivity index (χ0n) is 9.33. The van der Waals surface area contributed by atoms with Gasteiger partial charge < -0.3 is 5.11 Å². The molecule has 2 nitrogen and oxygen atoms in total. The number of allylic oxidation sites excluding steroid dienone is 2. The molecule has 1 atom stereocenters. The summed E-state index contributed by atoms with van der Waals surface area (Å²) in [6.07, 6.45) is 10.9. The van der Waals surface area contributed by atoms with E-state index in [4.69, 9.17) is 5.11 Å². The van der Waals surface area contributed by atoms with Gasteiger partial charge in [-0.25, -0.2) is 0 Å². The minimum atomic E-state index is -0.668. The van der Waals surface area contributed by atoms with E-state index in [1.807, 2.05) is 6.92 Å². The Balaban J connectivity index is 3.17. The van der Waals surface area contributed by atoms with Crippen LogP contribution in [0.15, 0.2) is 12.2 Å². The van der Waals surface area contributed by atoms with Crippen molar-refractivity contribution >= 4 is 5.97 Å². The van der Waals surface area contributed by atoms with E-state index in [0.29, 0.717) is 0 Å². The second-order valence-electron chi connectivity index (χ2n) is 3.80. The lowest BCUT2D eigenvalue weighted by molar-refractivity contribution is -0.141. The van der Waals surface area contributed by atoms with Gasteiger partial charge in [0.25, 0.3) is 0 Å². The Morgan fingerprint density at radius 3 is 2.50 bits per heavy atom. The highest BCUT2D eigenvalue weighted by Crippen LogP contribution is 2.11. The molecule has 0 rings (SSSR count). The van der Waals surface area contributed by atoms with Crippen molar-refractivity contribution < 1.29 is 9.90 Å². The van der Waals surface area contributed by atoms with Crippen molar-refractivity contribution in [3.05, 3.63) is 12.2 Å². The van der Waals surface area contributed by atoms with E-state index in [2.05, 4.69) is 12.2 Å². The fourth-order valence-electron chi connectivity index (χ4n) is 1.36. The Bertz CT molecular complexity index is 173. The molecule has 2 heteroatoms. The molecule has 0 amide bonds. The molecule has 0 aromatic heterocycles. The van der Waals surface area contributed by atoms with Gasteiger partial charge in [0.2, 0.25) is 0 Å². The summed E-state index contributed by atoms with van der Waals surface area (Å²) < 4.78 is 0. The Morgan fingerprint density at radius 1 is 1.29 bits per heavy atom. The van der Waals surface area contributed by atoms with E-state index < -0.39 is 5.97 Å². The van der Waals surface area contributed by atoms with Crippen LogP contribution in [0, 0.1) is 5.92 Å². The van der Waals surface area contributed by atoms with Crippen molar-refractivity contribution in [1.29, 1.82) is 0 Å². The van der Waals surface area contributed by atoms with Crippen LogP contribution in [0.5, 0.6) is 0 Å². The predicted molar refractivity (Wildman–Crippen MR) is 59.3 cm³/mol. The molecule has 0 aliphatic rings. The summed E-state index contributed by atoms with van der Waals surface area (Å²) in [7, 11) is 0. The third-order valence-corrected chi connectivity index (χ3v) is 2.42. The fraction of sp³-hybridized carbons (Fsp3) is 0.750. The first kappa shape index (κ1) is 13.2. The first-order valence-electron chi connectivity index (χ1n) is 5.52. The largest absolute Gasteiger partial charge is 0.481 e. The standard InChI is InChI=1S/C12H22O2/c1-3-4-5-6-7-8-9-10-11(2)12(13)14/h3-4,11H,5-10H2,1-2H3,(H,13,14)/b4-3-. The number of rotatable bonds is 8. The van der Waals surface area contributed by atoms with E-state index in [1.165, 1.54) is 12.8 Å². The van der Waals surface area contributed by atoms with Crippen LogP contribution in [0.4, 0.5) is 0 Å². The third-order valence-electron chi connectivity index (χ3n) is 2.42. The van der Waals surface area contributed by atoms with Gasteiger partial charge in [-0.05, 0) is 26.2 Å². The minimum absolute atomic E-state index is 0.175. The minimum Gasteiger partial charge on any atom is -0.481 e. The monoisotopic (exact) mass is 198 g/mol. The molecular weight excluding hydrogens is 176 g/mol. The maximum atomic E-state index is 10.5. The molecule has 0 aliphatic carbocycles. The average Bonchev–Trinajstić information content (AvgIpc) is 2.16. The molecule has 1 unspecified atom stereocenters. The molecule has 0 aliphatic heterocycles. The highest BCUT2D eigenvalue weighted by atomic mass is 16.4. The quantitative estimate of drug-likeness (QED) is 0.477. The SMILES string of the molecule is C/C=C\CCCCCCC(C)C(=O)O. The topological polar surface area (TPSA) is 37.3 Å². The summed E-state index contributed by atoms with van der Waals surface area (Å²) >= 11 is 0. The van der Waals surface area contributed by atoms with Gasteiger partial charge >= 0.3 is 5.97 Å². The van der Waals surface area contributed by atoms with Crippen molar-refractivity contribution in [2.75, 3.05) is 0 Å². The number of carbonyl (C=O) groups is 1. The number of hydrogen-bond acceptors (Lipinski definition) is 1. The summed E-state index contributed by atoms with van der Waals surface area (Å²) in [5.41, 5.74) is 0. The highest BCUT2D eigenvalue weighted by Gasteiger charge is 2.08. The van der Waals surface area contributed by atoms with Crippen LogP contribution in [-0.2, 0) is 4.79 Å². The van der Waals surface area contributed by atoms with Crippen LogP contribution in [0.2, 0.25) is 0 Å². The Labute approximate surface area is 87.0 Å². The zero-order valence-corrected chi connectivity index (χ0v) is 9.33. The third kappa shape index (κ3) is 7.84. The van der Waals surface area contributed by atoms with E-state index in [-0.39, 0.29) is 5.92 Å². The number of carboxylic acids is 1. The lowest BCUT2D eigenvalue weighted by Gasteiger charge is -2.04. The molecule has 14 heavy (non-hydrogen) atoms. The fourth-order valence-corrected chi connectivity index (χ4v) is 1.36. The van der Waals surface area contributed by atoms with Gasteiger partial charge in [0, 0.05) is 0 Å². The van der Waals surface area contributed by atoms with E-state index in [9.17, 15) is 4.79 Å². The zero-order chi connectivity index (χ0) is 10.8. The normalized spacial score (nSPS) is 13.3. The second kappa shape index (κ2) is 8.79. The Hall–Kier alpha value is -0.790. The van der Waals surface area contributed by atoms with Crippen LogP contribution < -0.4 is 0 Å². The van der Waals surface area contributed by atoms with Gasteiger partial charge in [0.1, 0.15) is 0 Å². The van der Waals surface area contributed by atoms with Crippen molar-refractivity contribution in [3.63, 3.8) is 0 Å². The average molecular weight is 198 g/mol. The summed E-state index contributed by atoms with van der Waals surface area (Å²) in [5, 5.41) is 8.65. The van der Waals surface area contributed by atoms with E-state index in [1.54, 1.807) is 6.92 Å². The predicted octanol–water partition coefficient (Wildman–Crippen LogP) is 3.62. The first-order valence-corrected chi connectivity index (χ1v) is 5.52. The number of hydrogen-bond donors (Lipinski definition) is 1. The molecular formula is C12H22O2.